The molecule has 4 heteroatoms. The first-order valence-electron chi connectivity index (χ1n) is 5.54. The fraction of sp³-hybridized carbons (Fsp3) is 0.308. The standard InChI is InChI=1S/C13H15BrN2S/c1-10(9-11-5-4-8-17-11)16(2)13-7-3-6-12(14)15-13/h3-8,10H,9H2,1-2H3. The van der Waals surface area contributed by atoms with E-state index in [1.165, 1.54) is 4.88 Å². The topological polar surface area (TPSA) is 16.1 Å². The van der Waals surface area contributed by atoms with Crippen molar-refractivity contribution in [3.05, 3.63) is 45.2 Å². The molecule has 2 aromatic rings. The number of hydrogen-bond donors (Lipinski definition) is 0. The van der Waals surface area contributed by atoms with Gasteiger partial charge >= 0.3 is 0 Å². The van der Waals surface area contributed by atoms with Crippen LogP contribution in [-0.2, 0) is 6.42 Å². The summed E-state index contributed by atoms with van der Waals surface area (Å²) in [6.07, 6.45) is 1.06. The van der Waals surface area contributed by atoms with Crippen molar-refractivity contribution in [2.45, 2.75) is 19.4 Å². The highest BCUT2D eigenvalue weighted by molar-refractivity contribution is 9.10. The maximum atomic E-state index is 4.47. The minimum atomic E-state index is 0.440. The van der Waals surface area contributed by atoms with Gasteiger partial charge in [0.15, 0.2) is 0 Å². The van der Waals surface area contributed by atoms with Crippen LogP contribution in [0.5, 0.6) is 0 Å². The maximum Gasteiger partial charge on any atom is 0.129 e. The summed E-state index contributed by atoms with van der Waals surface area (Å²) in [5.74, 6) is 1.00. The van der Waals surface area contributed by atoms with Crippen molar-refractivity contribution in [3.63, 3.8) is 0 Å². The Kier molecular flexibility index (Phi) is 4.18. The van der Waals surface area contributed by atoms with E-state index in [0.29, 0.717) is 6.04 Å². The first-order chi connectivity index (χ1) is 8.16. The van der Waals surface area contributed by atoms with E-state index in [1.807, 2.05) is 29.5 Å². The minimum Gasteiger partial charge on any atom is -0.357 e. The lowest BCUT2D eigenvalue weighted by atomic mass is 10.2. The van der Waals surface area contributed by atoms with Gasteiger partial charge in [-0.2, -0.15) is 0 Å². The average Bonchev–Trinajstić information content (AvgIpc) is 2.80. The van der Waals surface area contributed by atoms with Crippen LogP contribution in [0.1, 0.15) is 11.8 Å². The van der Waals surface area contributed by atoms with E-state index >= 15 is 0 Å². The third-order valence-corrected chi connectivity index (χ3v) is 4.14. The highest BCUT2D eigenvalue weighted by Crippen LogP contribution is 2.19. The predicted molar refractivity (Wildman–Crippen MR) is 77.8 cm³/mol. The van der Waals surface area contributed by atoms with Crippen molar-refractivity contribution >= 4 is 33.1 Å². The first kappa shape index (κ1) is 12.6. The summed E-state index contributed by atoms with van der Waals surface area (Å²) >= 11 is 5.22. The molecular weight excluding hydrogens is 296 g/mol. The van der Waals surface area contributed by atoms with E-state index in [1.54, 1.807) is 0 Å². The van der Waals surface area contributed by atoms with E-state index in [2.05, 4.69) is 57.3 Å². The number of likely N-dealkylation sites (N-methyl/N-ethyl adjacent to an activating group) is 1. The molecule has 2 heterocycles. The average molecular weight is 311 g/mol. The quantitative estimate of drug-likeness (QED) is 0.794. The summed E-state index contributed by atoms with van der Waals surface area (Å²) in [5.41, 5.74) is 0. The van der Waals surface area contributed by atoms with Crippen LogP contribution >= 0.6 is 27.3 Å². The number of thiophene rings is 1. The van der Waals surface area contributed by atoms with Crippen LogP contribution in [0.4, 0.5) is 5.82 Å². The van der Waals surface area contributed by atoms with Crippen LogP contribution < -0.4 is 4.90 Å². The zero-order valence-electron chi connectivity index (χ0n) is 9.93. The van der Waals surface area contributed by atoms with Crippen LogP contribution in [0.3, 0.4) is 0 Å². The second kappa shape index (κ2) is 5.65. The number of anilines is 1. The van der Waals surface area contributed by atoms with Crippen molar-refractivity contribution in [1.82, 2.24) is 4.98 Å². The largest absolute Gasteiger partial charge is 0.357 e. The van der Waals surface area contributed by atoms with Gasteiger partial charge in [-0.1, -0.05) is 12.1 Å². The third kappa shape index (κ3) is 3.30. The van der Waals surface area contributed by atoms with Gasteiger partial charge < -0.3 is 4.90 Å². The summed E-state index contributed by atoms with van der Waals surface area (Å²) in [4.78, 5) is 8.10. The van der Waals surface area contributed by atoms with Crippen LogP contribution in [0.15, 0.2) is 40.3 Å². The number of rotatable bonds is 4. The van der Waals surface area contributed by atoms with Crippen LogP contribution in [0.25, 0.3) is 0 Å². The molecule has 0 aliphatic heterocycles. The van der Waals surface area contributed by atoms with Crippen LogP contribution in [-0.4, -0.2) is 18.1 Å². The molecule has 0 aliphatic carbocycles. The number of halogens is 1. The van der Waals surface area contributed by atoms with Gasteiger partial charge in [0.2, 0.25) is 0 Å². The molecule has 2 nitrogen and oxygen atoms in total. The van der Waals surface area contributed by atoms with Crippen molar-refractivity contribution in [3.8, 4) is 0 Å². The molecule has 0 bridgehead atoms. The molecule has 1 atom stereocenters. The molecule has 0 spiro atoms. The van der Waals surface area contributed by atoms with Gasteiger partial charge in [-0.15, -0.1) is 11.3 Å². The molecule has 0 aliphatic rings. The van der Waals surface area contributed by atoms with Crippen molar-refractivity contribution in [1.29, 1.82) is 0 Å². The Morgan fingerprint density at radius 3 is 2.82 bits per heavy atom. The van der Waals surface area contributed by atoms with E-state index in [-0.39, 0.29) is 0 Å². The van der Waals surface area contributed by atoms with Gasteiger partial charge in [0, 0.05) is 24.4 Å². The molecule has 0 saturated heterocycles. The lowest BCUT2D eigenvalue weighted by Gasteiger charge is -2.25. The van der Waals surface area contributed by atoms with Crippen molar-refractivity contribution in [2.75, 3.05) is 11.9 Å². The minimum absolute atomic E-state index is 0.440. The molecule has 90 valence electrons. The molecule has 0 amide bonds. The highest BCUT2D eigenvalue weighted by atomic mass is 79.9. The zero-order chi connectivity index (χ0) is 12.3. The van der Waals surface area contributed by atoms with Gasteiger partial charge in [0.05, 0.1) is 0 Å². The Hall–Kier alpha value is -0.870. The number of aromatic nitrogens is 1. The Morgan fingerprint density at radius 2 is 2.18 bits per heavy atom. The Bertz CT molecular complexity index is 470. The molecule has 0 radical (unpaired) electrons. The van der Waals surface area contributed by atoms with E-state index < -0.39 is 0 Å². The molecule has 17 heavy (non-hydrogen) atoms. The Morgan fingerprint density at radius 1 is 1.35 bits per heavy atom. The monoisotopic (exact) mass is 310 g/mol. The van der Waals surface area contributed by atoms with E-state index in [4.69, 9.17) is 0 Å². The van der Waals surface area contributed by atoms with Crippen LogP contribution in [0.2, 0.25) is 0 Å². The second-order valence-electron chi connectivity index (χ2n) is 4.06. The molecule has 0 saturated carbocycles. The van der Waals surface area contributed by atoms with Gasteiger partial charge in [-0.05, 0) is 46.4 Å². The van der Waals surface area contributed by atoms with Crippen LogP contribution in [0, 0.1) is 0 Å². The van der Waals surface area contributed by atoms with Crippen molar-refractivity contribution < 1.29 is 0 Å². The molecule has 1 unspecified atom stereocenters. The summed E-state index contributed by atoms with van der Waals surface area (Å²) in [7, 11) is 2.09. The Labute approximate surface area is 114 Å². The first-order valence-corrected chi connectivity index (χ1v) is 7.22. The van der Waals surface area contributed by atoms with Gasteiger partial charge in [0.1, 0.15) is 10.4 Å². The van der Waals surface area contributed by atoms with Crippen molar-refractivity contribution in [2.24, 2.45) is 0 Å². The molecular formula is C13H15BrN2S. The molecule has 2 rings (SSSR count). The summed E-state index contributed by atoms with van der Waals surface area (Å²) in [6.45, 7) is 2.22. The normalized spacial score (nSPS) is 12.4. The predicted octanol–water partition coefficient (Wildman–Crippen LogP) is 3.97. The fourth-order valence-electron chi connectivity index (χ4n) is 1.68. The van der Waals surface area contributed by atoms with E-state index in [0.717, 1.165) is 16.8 Å². The summed E-state index contributed by atoms with van der Waals surface area (Å²) in [5, 5.41) is 2.12. The summed E-state index contributed by atoms with van der Waals surface area (Å²) in [6, 6.07) is 10.7. The molecule has 2 aromatic heterocycles. The lowest BCUT2D eigenvalue weighted by molar-refractivity contribution is 0.680. The fourth-order valence-corrected chi connectivity index (χ4v) is 2.84. The van der Waals surface area contributed by atoms with Gasteiger partial charge in [0.25, 0.3) is 0 Å². The van der Waals surface area contributed by atoms with E-state index in [9.17, 15) is 0 Å². The Balaban J connectivity index is 2.06. The molecule has 0 fully saturated rings. The van der Waals surface area contributed by atoms with Gasteiger partial charge in [-0.3, -0.25) is 0 Å². The number of hydrogen-bond acceptors (Lipinski definition) is 3. The SMILES string of the molecule is CC(Cc1cccs1)N(C)c1cccc(Br)n1. The van der Waals surface area contributed by atoms with Gasteiger partial charge in [-0.25, -0.2) is 4.98 Å². The highest BCUT2D eigenvalue weighted by Gasteiger charge is 2.12. The second-order valence-corrected chi connectivity index (χ2v) is 5.91. The summed E-state index contributed by atoms with van der Waals surface area (Å²) < 4.78 is 0.880. The molecule has 0 N–H and O–H groups in total. The smallest absolute Gasteiger partial charge is 0.129 e. The zero-order valence-corrected chi connectivity index (χ0v) is 12.3. The lowest BCUT2D eigenvalue weighted by Crippen LogP contribution is -2.31. The number of pyridine rings is 1. The third-order valence-electron chi connectivity index (χ3n) is 2.80. The maximum absolute atomic E-state index is 4.47. The number of nitrogens with zero attached hydrogens (tertiary/aromatic N) is 2. The molecule has 0 aromatic carbocycles.